The number of nitro groups is 1. The van der Waals surface area contributed by atoms with Crippen LogP contribution in [0.5, 0.6) is 5.75 Å². The molecular formula is C9H10FNO3. The van der Waals surface area contributed by atoms with E-state index in [4.69, 9.17) is 4.74 Å². The van der Waals surface area contributed by atoms with Gasteiger partial charge >= 0.3 is 0 Å². The van der Waals surface area contributed by atoms with E-state index < -0.39 is 10.7 Å². The fourth-order valence-electron chi connectivity index (χ4n) is 0.938. The van der Waals surface area contributed by atoms with Gasteiger partial charge in [0.1, 0.15) is 0 Å². The second-order valence-electron chi connectivity index (χ2n) is 2.69. The van der Waals surface area contributed by atoms with E-state index in [-0.39, 0.29) is 25.3 Å². The highest BCUT2D eigenvalue weighted by Gasteiger charge is 2.02. The van der Waals surface area contributed by atoms with Gasteiger partial charge in [-0.25, -0.2) is 4.39 Å². The number of hydrogen-bond donors (Lipinski definition) is 0. The van der Waals surface area contributed by atoms with Crippen molar-refractivity contribution >= 4 is 0 Å². The van der Waals surface area contributed by atoms with Crippen molar-refractivity contribution in [3.63, 3.8) is 0 Å². The van der Waals surface area contributed by atoms with Crippen LogP contribution >= 0.6 is 0 Å². The molecule has 0 aliphatic rings. The Morgan fingerprint density at radius 3 is 2.79 bits per heavy atom. The lowest BCUT2D eigenvalue weighted by Crippen LogP contribution is -2.07. The summed E-state index contributed by atoms with van der Waals surface area (Å²) in [6.07, 6.45) is 0.279. The van der Waals surface area contributed by atoms with Crippen molar-refractivity contribution in [1.29, 1.82) is 0 Å². The van der Waals surface area contributed by atoms with Gasteiger partial charge in [-0.1, -0.05) is 12.1 Å². The fraction of sp³-hybridized carbons (Fsp3) is 0.333. The molecule has 0 atom stereocenters. The van der Waals surface area contributed by atoms with Crippen LogP contribution in [-0.2, 0) is 0 Å². The Balaban J connectivity index is 2.31. The third-order valence-corrected chi connectivity index (χ3v) is 1.58. The van der Waals surface area contributed by atoms with Gasteiger partial charge in [0, 0.05) is 11.3 Å². The lowest BCUT2D eigenvalue weighted by molar-refractivity contribution is -0.480. The highest BCUT2D eigenvalue weighted by Crippen LogP contribution is 2.15. The van der Waals surface area contributed by atoms with Crippen molar-refractivity contribution in [1.82, 2.24) is 0 Å². The molecule has 0 bridgehead atoms. The molecule has 0 aliphatic carbocycles. The fourth-order valence-corrected chi connectivity index (χ4v) is 0.938. The Labute approximate surface area is 80.5 Å². The van der Waals surface area contributed by atoms with Gasteiger partial charge in [-0.2, -0.15) is 0 Å². The number of benzene rings is 1. The summed E-state index contributed by atoms with van der Waals surface area (Å²) in [5.41, 5.74) is 0. The molecule has 4 nitrogen and oxygen atoms in total. The van der Waals surface area contributed by atoms with E-state index in [1.165, 1.54) is 12.1 Å². The molecule has 0 aliphatic heterocycles. The number of para-hydroxylation sites is 1. The summed E-state index contributed by atoms with van der Waals surface area (Å²) < 4.78 is 17.9. The van der Waals surface area contributed by atoms with Crippen molar-refractivity contribution in [2.45, 2.75) is 6.42 Å². The summed E-state index contributed by atoms with van der Waals surface area (Å²) in [6, 6.07) is 5.97. The molecule has 0 saturated heterocycles. The first-order chi connectivity index (χ1) is 6.70. The summed E-state index contributed by atoms with van der Waals surface area (Å²) >= 11 is 0. The van der Waals surface area contributed by atoms with Crippen LogP contribution in [0.4, 0.5) is 4.39 Å². The second kappa shape index (κ2) is 5.16. The van der Waals surface area contributed by atoms with Crippen molar-refractivity contribution in [3.8, 4) is 5.75 Å². The largest absolute Gasteiger partial charge is 0.490 e. The molecule has 5 heteroatoms. The van der Waals surface area contributed by atoms with Gasteiger partial charge in [0.05, 0.1) is 6.61 Å². The minimum absolute atomic E-state index is 0.135. The lowest BCUT2D eigenvalue weighted by atomic mass is 10.3. The smallest absolute Gasteiger partial charge is 0.207 e. The Hall–Kier alpha value is -1.65. The van der Waals surface area contributed by atoms with Crippen LogP contribution in [0, 0.1) is 15.9 Å². The van der Waals surface area contributed by atoms with Crippen molar-refractivity contribution in [2.24, 2.45) is 0 Å². The summed E-state index contributed by atoms with van der Waals surface area (Å²) in [4.78, 5) is 9.53. The van der Waals surface area contributed by atoms with Gasteiger partial charge in [0.2, 0.25) is 6.54 Å². The maximum absolute atomic E-state index is 12.9. The Bertz CT molecular complexity index is 317. The third-order valence-electron chi connectivity index (χ3n) is 1.58. The normalized spacial score (nSPS) is 9.79. The molecule has 0 aromatic heterocycles. The minimum Gasteiger partial charge on any atom is -0.490 e. The quantitative estimate of drug-likeness (QED) is 0.413. The SMILES string of the molecule is O=[N+]([O-])CCCOc1ccccc1F. The Kier molecular flexibility index (Phi) is 3.84. The molecule has 76 valence electrons. The molecule has 1 aromatic carbocycles. The number of nitrogens with zero attached hydrogens (tertiary/aromatic N) is 1. The molecule has 14 heavy (non-hydrogen) atoms. The highest BCUT2D eigenvalue weighted by atomic mass is 19.1. The topological polar surface area (TPSA) is 52.4 Å². The van der Waals surface area contributed by atoms with Gasteiger partial charge in [0.15, 0.2) is 11.6 Å². The molecule has 0 fully saturated rings. The lowest BCUT2D eigenvalue weighted by Gasteiger charge is -2.04. The molecule has 0 saturated carbocycles. The Morgan fingerprint density at radius 2 is 2.14 bits per heavy atom. The van der Waals surface area contributed by atoms with E-state index in [0.717, 1.165) is 0 Å². The van der Waals surface area contributed by atoms with Crippen LogP contribution < -0.4 is 4.74 Å². The molecule has 0 spiro atoms. The summed E-state index contributed by atoms with van der Waals surface area (Å²) in [6.45, 7) is -0.00361. The van der Waals surface area contributed by atoms with Gasteiger partial charge in [0.25, 0.3) is 0 Å². The molecule has 1 aromatic rings. The first kappa shape index (κ1) is 10.4. The zero-order valence-corrected chi connectivity index (χ0v) is 7.48. The number of hydrogen-bond acceptors (Lipinski definition) is 3. The zero-order chi connectivity index (χ0) is 10.4. The highest BCUT2D eigenvalue weighted by molar-refractivity contribution is 5.23. The monoisotopic (exact) mass is 199 g/mol. The van der Waals surface area contributed by atoms with E-state index in [1.807, 2.05) is 0 Å². The van der Waals surface area contributed by atoms with E-state index >= 15 is 0 Å². The van der Waals surface area contributed by atoms with Crippen molar-refractivity contribution < 1.29 is 14.1 Å². The van der Waals surface area contributed by atoms with Crippen LogP contribution in [0.2, 0.25) is 0 Å². The van der Waals surface area contributed by atoms with Crippen LogP contribution in [-0.4, -0.2) is 18.1 Å². The average molecular weight is 199 g/mol. The van der Waals surface area contributed by atoms with E-state index in [1.54, 1.807) is 12.1 Å². The molecule has 0 N–H and O–H groups in total. The summed E-state index contributed by atoms with van der Waals surface area (Å²) in [5, 5.41) is 9.95. The minimum atomic E-state index is -0.450. The van der Waals surface area contributed by atoms with E-state index in [9.17, 15) is 14.5 Å². The molecular weight excluding hydrogens is 189 g/mol. The van der Waals surface area contributed by atoms with Gasteiger partial charge < -0.3 is 4.74 Å². The maximum atomic E-state index is 12.9. The molecule has 0 heterocycles. The predicted octanol–water partition coefficient (Wildman–Crippen LogP) is 1.87. The van der Waals surface area contributed by atoms with E-state index in [2.05, 4.69) is 0 Å². The number of ether oxygens (including phenoxy) is 1. The van der Waals surface area contributed by atoms with Crippen LogP contribution in [0.25, 0.3) is 0 Å². The molecule has 1 rings (SSSR count). The second-order valence-corrected chi connectivity index (χ2v) is 2.69. The summed E-state index contributed by atoms with van der Waals surface area (Å²) in [5.74, 6) is -0.315. The average Bonchev–Trinajstić information content (AvgIpc) is 2.15. The zero-order valence-electron chi connectivity index (χ0n) is 7.48. The first-order valence-electron chi connectivity index (χ1n) is 4.19. The maximum Gasteiger partial charge on any atom is 0.207 e. The summed E-state index contributed by atoms with van der Waals surface area (Å²) in [7, 11) is 0. The molecule has 0 amide bonds. The number of rotatable bonds is 5. The van der Waals surface area contributed by atoms with Gasteiger partial charge in [-0.05, 0) is 12.1 Å². The van der Waals surface area contributed by atoms with Crippen LogP contribution in [0.1, 0.15) is 6.42 Å². The van der Waals surface area contributed by atoms with Crippen molar-refractivity contribution in [3.05, 3.63) is 40.2 Å². The third kappa shape index (κ3) is 3.38. The van der Waals surface area contributed by atoms with Gasteiger partial charge in [-0.3, -0.25) is 10.1 Å². The molecule has 0 unspecified atom stereocenters. The van der Waals surface area contributed by atoms with Gasteiger partial charge in [-0.15, -0.1) is 0 Å². The van der Waals surface area contributed by atoms with Crippen molar-refractivity contribution in [2.75, 3.05) is 13.2 Å². The Morgan fingerprint density at radius 1 is 1.43 bits per heavy atom. The first-order valence-corrected chi connectivity index (χ1v) is 4.19. The standard InChI is InChI=1S/C9H10FNO3/c10-8-4-1-2-5-9(8)14-7-3-6-11(12)13/h1-2,4-5H,3,6-7H2. The van der Waals surface area contributed by atoms with E-state index in [0.29, 0.717) is 0 Å². The number of halogens is 1. The predicted molar refractivity (Wildman–Crippen MR) is 48.4 cm³/mol. The molecule has 0 radical (unpaired) electrons. The van der Waals surface area contributed by atoms with Crippen LogP contribution in [0.15, 0.2) is 24.3 Å². The van der Waals surface area contributed by atoms with Crippen LogP contribution in [0.3, 0.4) is 0 Å².